The van der Waals surface area contributed by atoms with Gasteiger partial charge in [0.05, 0.1) is 4.90 Å². The number of nitrogens with one attached hydrogen (secondary N) is 1. The van der Waals surface area contributed by atoms with Gasteiger partial charge in [-0.2, -0.15) is 0 Å². The highest BCUT2D eigenvalue weighted by Gasteiger charge is 2.28. The van der Waals surface area contributed by atoms with Gasteiger partial charge < -0.3 is 4.90 Å². The Hall–Kier alpha value is -1.40. The zero-order chi connectivity index (χ0) is 15.7. The van der Waals surface area contributed by atoms with E-state index in [1.54, 1.807) is 12.1 Å². The fourth-order valence-electron chi connectivity index (χ4n) is 2.66. The van der Waals surface area contributed by atoms with E-state index in [1.165, 1.54) is 12.1 Å². The van der Waals surface area contributed by atoms with Gasteiger partial charge in [0.15, 0.2) is 0 Å². The number of amides is 1. The number of nitrogens with zero attached hydrogens (tertiary/aromatic N) is 1. The molecular weight excluding hydrogens is 300 g/mol. The van der Waals surface area contributed by atoms with Gasteiger partial charge in [0.1, 0.15) is 0 Å². The Morgan fingerprint density at radius 3 is 2.23 bits per heavy atom. The summed E-state index contributed by atoms with van der Waals surface area (Å²) in [6.07, 6.45) is 3.87. The normalized spacial score (nSPS) is 20.1. The van der Waals surface area contributed by atoms with Crippen molar-refractivity contribution >= 4 is 15.9 Å². The molecule has 0 radical (unpaired) electrons. The number of rotatable bonds is 4. The smallest absolute Gasteiger partial charge is 0.253 e. The molecule has 0 bridgehead atoms. The van der Waals surface area contributed by atoms with E-state index in [-0.39, 0.29) is 16.8 Å². The van der Waals surface area contributed by atoms with Crippen molar-refractivity contribution in [3.05, 3.63) is 29.8 Å². The van der Waals surface area contributed by atoms with Gasteiger partial charge in [-0.3, -0.25) is 4.79 Å². The second-order valence-electron chi connectivity index (χ2n) is 6.39. The second-order valence-corrected chi connectivity index (χ2v) is 8.11. The lowest BCUT2D eigenvalue weighted by Gasteiger charge is -2.30. The molecule has 2 fully saturated rings. The van der Waals surface area contributed by atoms with Crippen molar-refractivity contribution in [2.24, 2.45) is 5.92 Å². The molecule has 1 aliphatic heterocycles. The Kier molecular flexibility index (Phi) is 4.23. The zero-order valence-corrected chi connectivity index (χ0v) is 13.6. The van der Waals surface area contributed by atoms with Gasteiger partial charge in [0.25, 0.3) is 5.91 Å². The molecule has 1 aromatic carbocycles. The summed E-state index contributed by atoms with van der Waals surface area (Å²) >= 11 is 0. The highest BCUT2D eigenvalue weighted by Crippen LogP contribution is 2.23. The molecule has 0 spiro atoms. The summed E-state index contributed by atoms with van der Waals surface area (Å²) in [5.74, 6) is 0.663. The number of benzene rings is 1. The van der Waals surface area contributed by atoms with E-state index in [0.717, 1.165) is 38.8 Å². The van der Waals surface area contributed by atoms with E-state index in [9.17, 15) is 13.2 Å². The van der Waals surface area contributed by atoms with Gasteiger partial charge in [-0.15, -0.1) is 0 Å². The Morgan fingerprint density at radius 1 is 1.09 bits per heavy atom. The van der Waals surface area contributed by atoms with E-state index >= 15 is 0 Å². The molecule has 2 aliphatic rings. The van der Waals surface area contributed by atoms with Crippen LogP contribution in [0.25, 0.3) is 0 Å². The number of piperidine rings is 1. The standard InChI is InChI=1S/C16H22N2O3S/c1-12-8-10-18(11-9-12)16(19)13-2-6-15(7-3-13)22(20,21)17-14-4-5-14/h2-3,6-7,12,14,17H,4-5,8-11H2,1H3. The average molecular weight is 322 g/mol. The maximum absolute atomic E-state index is 12.4. The molecule has 0 atom stereocenters. The first kappa shape index (κ1) is 15.5. The van der Waals surface area contributed by atoms with Gasteiger partial charge in [-0.1, -0.05) is 6.92 Å². The highest BCUT2D eigenvalue weighted by atomic mass is 32.2. The Labute approximate surface area is 131 Å². The molecule has 120 valence electrons. The summed E-state index contributed by atoms with van der Waals surface area (Å²) in [7, 11) is -3.45. The van der Waals surface area contributed by atoms with E-state index in [4.69, 9.17) is 0 Å². The molecule has 6 heteroatoms. The van der Waals surface area contributed by atoms with Crippen LogP contribution in [0.15, 0.2) is 29.2 Å². The van der Waals surface area contributed by atoms with Crippen LogP contribution in [0, 0.1) is 5.92 Å². The van der Waals surface area contributed by atoms with Crippen molar-refractivity contribution < 1.29 is 13.2 Å². The highest BCUT2D eigenvalue weighted by molar-refractivity contribution is 7.89. The minimum absolute atomic E-state index is 0.00833. The maximum Gasteiger partial charge on any atom is 0.253 e. The summed E-state index contributed by atoms with van der Waals surface area (Å²) in [5.41, 5.74) is 0.555. The largest absolute Gasteiger partial charge is 0.339 e. The van der Waals surface area contributed by atoms with Gasteiger partial charge in [-0.25, -0.2) is 13.1 Å². The van der Waals surface area contributed by atoms with Crippen LogP contribution in [0.3, 0.4) is 0 Å². The molecule has 1 amide bonds. The number of hydrogen-bond donors (Lipinski definition) is 1. The van der Waals surface area contributed by atoms with E-state index < -0.39 is 10.0 Å². The van der Waals surface area contributed by atoms with Crippen LogP contribution in [0.4, 0.5) is 0 Å². The van der Waals surface area contributed by atoms with E-state index in [2.05, 4.69) is 11.6 Å². The van der Waals surface area contributed by atoms with Crippen molar-refractivity contribution in [3.8, 4) is 0 Å². The third-order valence-corrected chi connectivity index (χ3v) is 5.92. The summed E-state index contributed by atoms with van der Waals surface area (Å²) in [5, 5.41) is 0. The number of carbonyl (C=O) groups excluding carboxylic acids is 1. The number of hydrogen-bond acceptors (Lipinski definition) is 3. The molecule has 1 aliphatic carbocycles. The van der Waals surface area contributed by atoms with Crippen molar-refractivity contribution in [2.45, 2.75) is 43.5 Å². The number of likely N-dealkylation sites (tertiary alicyclic amines) is 1. The first-order chi connectivity index (χ1) is 10.5. The Morgan fingerprint density at radius 2 is 1.68 bits per heavy atom. The van der Waals surface area contributed by atoms with Crippen molar-refractivity contribution in [1.29, 1.82) is 0 Å². The van der Waals surface area contributed by atoms with Crippen LogP contribution in [0.1, 0.15) is 43.0 Å². The van der Waals surface area contributed by atoms with Gasteiger partial charge >= 0.3 is 0 Å². The lowest BCUT2D eigenvalue weighted by atomic mass is 9.98. The number of carbonyl (C=O) groups is 1. The van der Waals surface area contributed by atoms with E-state index in [0.29, 0.717) is 11.5 Å². The second kappa shape index (κ2) is 6.01. The summed E-state index contributed by atoms with van der Waals surface area (Å²) in [6, 6.07) is 6.35. The summed E-state index contributed by atoms with van der Waals surface area (Å²) < 4.78 is 26.8. The van der Waals surface area contributed by atoms with Crippen molar-refractivity contribution in [2.75, 3.05) is 13.1 Å². The minimum Gasteiger partial charge on any atom is -0.339 e. The molecule has 1 N–H and O–H groups in total. The first-order valence-corrected chi connectivity index (χ1v) is 9.36. The molecule has 3 rings (SSSR count). The molecule has 5 nitrogen and oxygen atoms in total. The third-order valence-electron chi connectivity index (χ3n) is 4.38. The molecule has 22 heavy (non-hydrogen) atoms. The SMILES string of the molecule is CC1CCN(C(=O)c2ccc(S(=O)(=O)NC3CC3)cc2)CC1. The van der Waals surface area contributed by atoms with Crippen LogP contribution in [0.2, 0.25) is 0 Å². The monoisotopic (exact) mass is 322 g/mol. The van der Waals surface area contributed by atoms with Crippen LogP contribution in [-0.4, -0.2) is 38.4 Å². The maximum atomic E-state index is 12.4. The minimum atomic E-state index is -3.45. The summed E-state index contributed by atoms with van der Waals surface area (Å²) in [6.45, 7) is 3.76. The molecule has 0 aromatic heterocycles. The first-order valence-electron chi connectivity index (χ1n) is 7.87. The molecular formula is C16H22N2O3S. The fourth-order valence-corrected chi connectivity index (χ4v) is 3.96. The van der Waals surface area contributed by atoms with Crippen molar-refractivity contribution in [3.63, 3.8) is 0 Å². The Balaban J connectivity index is 1.69. The summed E-state index contributed by atoms with van der Waals surface area (Å²) in [4.78, 5) is 14.5. The van der Waals surface area contributed by atoms with Gasteiger partial charge in [0, 0.05) is 24.7 Å². The topological polar surface area (TPSA) is 66.5 Å². The van der Waals surface area contributed by atoms with Crippen LogP contribution >= 0.6 is 0 Å². The van der Waals surface area contributed by atoms with E-state index in [1.807, 2.05) is 4.90 Å². The van der Waals surface area contributed by atoms with Crippen LogP contribution < -0.4 is 4.72 Å². The third kappa shape index (κ3) is 3.50. The van der Waals surface area contributed by atoms with Crippen LogP contribution in [0.5, 0.6) is 0 Å². The van der Waals surface area contributed by atoms with Crippen LogP contribution in [-0.2, 0) is 10.0 Å². The molecule has 0 unspecified atom stereocenters. The predicted octanol–water partition coefficient (Wildman–Crippen LogP) is 2.00. The predicted molar refractivity (Wildman–Crippen MR) is 84.1 cm³/mol. The average Bonchev–Trinajstić information content (AvgIpc) is 3.31. The fraction of sp³-hybridized carbons (Fsp3) is 0.562. The lowest BCUT2D eigenvalue weighted by molar-refractivity contribution is 0.0697. The molecule has 1 saturated carbocycles. The molecule has 1 aromatic rings. The lowest BCUT2D eigenvalue weighted by Crippen LogP contribution is -2.37. The van der Waals surface area contributed by atoms with Gasteiger partial charge in [-0.05, 0) is 55.9 Å². The van der Waals surface area contributed by atoms with Crippen molar-refractivity contribution in [1.82, 2.24) is 9.62 Å². The zero-order valence-electron chi connectivity index (χ0n) is 12.8. The molecule has 1 saturated heterocycles. The Bertz CT molecular complexity index is 642. The molecule has 1 heterocycles. The van der Waals surface area contributed by atoms with Gasteiger partial charge in [0.2, 0.25) is 10.0 Å². The number of sulfonamides is 1. The quantitative estimate of drug-likeness (QED) is 0.922.